The number of hydrogen-bond donors (Lipinski definition) is 1. The number of benzene rings is 1. The summed E-state index contributed by atoms with van der Waals surface area (Å²) >= 11 is 6.29. The van der Waals surface area contributed by atoms with Gasteiger partial charge in [-0.05, 0) is 70.1 Å². The number of aromatic nitrogens is 2. The number of rotatable bonds is 2. The van der Waals surface area contributed by atoms with Gasteiger partial charge in [-0.25, -0.2) is 9.69 Å². The Labute approximate surface area is 138 Å². The number of carbonyl (C=O) groups excluding carboxylic acids is 1. The first kappa shape index (κ1) is 16.6. The smallest absolute Gasteiger partial charge is 0.421 e. The highest BCUT2D eigenvalue weighted by Gasteiger charge is 2.27. The summed E-state index contributed by atoms with van der Waals surface area (Å²) in [6, 6.07) is 5.77. The lowest BCUT2D eigenvalue weighted by Gasteiger charge is -2.26. The van der Waals surface area contributed by atoms with E-state index >= 15 is 0 Å². The van der Waals surface area contributed by atoms with Crippen molar-refractivity contribution in [1.82, 2.24) is 10.2 Å². The number of aryl methyl sites for hydroxylation is 2. The number of anilines is 2. The molecule has 0 fully saturated rings. The largest absolute Gasteiger partial charge is 0.443 e. The van der Waals surface area contributed by atoms with Gasteiger partial charge in [-0.1, -0.05) is 17.4 Å². The Kier molecular flexibility index (Phi) is 4.67. The van der Waals surface area contributed by atoms with Crippen LogP contribution in [-0.2, 0) is 4.74 Å². The summed E-state index contributed by atoms with van der Waals surface area (Å²) in [5.41, 5.74) is 2.36. The van der Waals surface area contributed by atoms with Gasteiger partial charge in [-0.3, -0.25) is 5.10 Å². The van der Waals surface area contributed by atoms with Crippen LogP contribution in [0, 0.1) is 17.8 Å². The molecule has 2 aromatic rings. The number of carbonyl (C=O) groups is 1. The lowest BCUT2D eigenvalue weighted by Crippen LogP contribution is -2.33. The van der Waals surface area contributed by atoms with Crippen LogP contribution in [-0.4, -0.2) is 21.9 Å². The second-order valence-corrected chi connectivity index (χ2v) is 7.62. The molecular formula is C15H19N3O2S2. The average Bonchev–Trinajstić information content (AvgIpc) is 2.78. The highest BCUT2D eigenvalue weighted by Crippen LogP contribution is 2.30. The van der Waals surface area contributed by atoms with Crippen LogP contribution in [0.3, 0.4) is 0 Å². The van der Waals surface area contributed by atoms with Crippen LogP contribution in [0.5, 0.6) is 0 Å². The molecule has 1 aromatic carbocycles. The van der Waals surface area contributed by atoms with E-state index in [1.54, 1.807) is 0 Å². The van der Waals surface area contributed by atoms with Gasteiger partial charge in [-0.15, -0.1) is 5.10 Å². The molecule has 1 amide bonds. The summed E-state index contributed by atoms with van der Waals surface area (Å²) in [4.78, 5) is 14.0. The molecule has 2 rings (SSSR count). The highest BCUT2D eigenvalue weighted by atomic mass is 32.1. The average molecular weight is 337 g/mol. The monoisotopic (exact) mass is 337 g/mol. The Hall–Kier alpha value is -1.73. The standard InChI is InChI=1S/C15H19N3O2S2/c1-9-6-7-11(8-10(9)2)18(12-16-17-13(21)22-12)14(19)20-15(3,4)5/h6-8H,1-5H3,(H,17,21). The van der Waals surface area contributed by atoms with Crippen molar-refractivity contribution in [2.75, 3.05) is 4.90 Å². The van der Waals surface area contributed by atoms with Gasteiger partial charge < -0.3 is 4.74 Å². The van der Waals surface area contributed by atoms with Gasteiger partial charge in [0.05, 0.1) is 5.69 Å². The minimum absolute atomic E-state index is 0.461. The lowest BCUT2D eigenvalue weighted by molar-refractivity contribution is 0.0599. The molecule has 0 saturated heterocycles. The first-order valence-corrected chi connectivity index (χ1v) is 8.06. The molecule has 1 aromatic heterocycles. The first-order valence-electron chi connectivity index (χ1n) is 6.83. The fourth-order valence-corrected chi connectivity index (χ4v) is 2.67. The SMILES string of the molecule is Cc1ccc(N(C(=O)OC(C)(C)C)c2n[nH]c(=S)s2)cc1C. The third-order valence-electron chi connectivity index (χ3n) is 2.94. The van der Waals surface area contributed by atoms with Crippen molar-refractivity contribution in [3.63, 3.8) is 0 Å². The van der Waals surface area contributed by atoms with E-state index in [4.69, 9.17) is 17.0 Å². The molecule has 0 saturated carbocycles. The first-order chi connectivity index (χ1) is 10.2. The molecule has 0 aliphatic heterocycles. The van der Waals surface area contributed by atoms with Crippen LogP contribution in [0.1, 0.15) is 31.9 Å². The van der Waals surface area contributed by atoms with Gasteiger partial charge in [0.2, 0.25) is 5.13 Å². The Morgan fingerprint density at radius 1 is 1.32 bits per heavy atom. The van der Waals surface area contributed by atoms with E-state index in [-0.39, 0.29) is 0 Å². The fourth-order valence-electron chi connectivity index (χ4n) is 1.78. The van der Waals surface area contributed by atoms with Crippen molar-refractivity contribution >= 4 is 40.5 Å². The quantitative estimate of drug-likeness (QED) is 0.793. The predicted molar refractivity (Wildman–Crippen MR) is 91.6 cm³/mol. The van der Waals surface area contributed by atoms with Crippen molar-refractivity contribution in [1.29, 1.82) is 0 Å². The normalized spacial score (nSPS) is 11.3. The summed E-state index contributed by atoms with van der Waals surface area (Å²) in [5.74, 6) is 0. The third kappa shape index (κ3) is 3.92. The Morgan fingerprint density at radius 2 is 2.00 bits per heavy atom. The van der Waals surface area contributed by atoms with Gasteiger partial charge in [0.25, 0.3) is 0 Å². The van der Waals surface area contributed by atoms with E-state index in [1.807, 2.05) is 52.8 Å². The van der Waals surface area contributed by atoms with Crippen LogP contribution in [0.15, 0.2) is 18.2 Å². The van der Waals surface area contributed by atoms with Gasteiger partial charge >= 0.3 is 6.09 Å². The van der Waals surface area contributed by atoms with Crippen LogP contribution in [0.4, 0.5) is 15.6 Å². The molecule has 0 unspecified atom stereocenters. The van der Waals surface area contributed by atoms with Crippen molar-refractivity contribution < 1.29 is 9.53 Å². The molecule has 5 nitrogen and oxygen atoms in total. The van der Waals surface area contributed by atoms with Gasteiger partial charge in [-0.2, -0.15) is 0 Å². The number of nitrogens with zero attached hydrogens (tertiary/aromatic N) is 2. The zero-order valence-electron chi connectivity index (χ0n) is 13.3. The number of hydrogen-bond acceptors (Lipinski definition) is 5. The second-order valence-electron chi connectivity index (χ2n) is 5.98. The molecule has 0 aliphatic carbocycles. The van der Waals surface area contributed by atoms with Crippen LogP contribution in [0.25, 0.3) is 0 Å². The maximum absolute atomic E-state index is 12.6. The summed E-state index contributed by atoms with van der Waals surface area (Å²) in [7, 11) is 0. The van der Waals surface area contributed by atoms with E-state index in [2.05, 4.69) is 10.2 Å². The fraction of sp³-hybridized carbons (Fsp3) is 0.400. The van der Waals surface area contributed by atoms with Crippen LogP contribution in [0.2, 0.25) is 0 Å². The molecule has 0 aliphatic rings. The molecule has 118 valence electrons. The number of aromatic amines is 1. The molecular weight excluding hydrogens is 318 g/mol. The zero-order valence-corrected chi connectivity index (χ0v) is 14.9. The summed E-state index contributed by atoms with van der Waals surface area (Å²) in [6.45, 7) is 9.51. The predicted octanol–water partition coefficient (Wildman–Crippen LogP) is 4.89. The molecule has 0 atom stereocenters. The van der Waals surface area contributed by atoms with E-state index in [0.717, 1.165) is 11.1 Å². The van der Waals surface area contributed by atoms with Crippen molar-refractivity contribution in [2.24, 2.45) is 0 Å². The molecule has 0 spiro atoms. The summed E-state index contributed by atoms with van der Waals surface area (Å²) < 4.78 is 6.00. The molecule has 1 heterocycles. The van der Waals surface area contributed by atoms with E-state index in [9.17, 15) is 4.79 Å². The topological polar surface area (TPSA) is 58.2 Å². The van der Waals surface area contributed by atoms with Gasteiger partial charge in [0.1, 0.15) is 5.60 Å². The maximum Gasteiger partial charge on any atom is 0.421 e. The molecule has 0 bridgehead atoms. The minimum atomic E-state index is -0.590. The number of H-pyrrole nitrogens is 1. The van der Waals surface area contributed by atoms with Gasteiger partial charge in [0, 0.05) is 0 Å². The number of nitrogens with one attached hydrogen (secondary N) is 1. The molecule has 1 N–H and O–H groups in total. The second kappa shape index (κ2) is 6.18. The van der Waals surface area contributed by atoms with E-state index in [0.29, 0.717) is 14.8 Å². The summed E-state index contributed by atoms with van der Waals surface area (Å²) in [6.07, 6.45) is -0.478. The minimum Gasteiger partial charge on any atom is -0.443 e. The zero-order chi connectivity index (χ0) is 16.5. The maximum atomic E-state index is 12.6. The van der Waals surface area contributed by atoms with Crippen LogP contribution < -0.4 is 4.90 Å². The Morgan fingerprint density at radius 3 is 2.50 bits per heavy atom. The lowest BCUT2D eigenvalue weighted by atomic mass is 10.1. The van der Waals surface area contributed by atoms with Crippen molar-refractivity contribution in [3.8, 4) is 0 Å². The molecule has 7 heteroatoms. The third-order valence-corrected chi connectivity index (χ3v) is 4.02. The highest BCUT2D eigenvalue weighted by molar-refractivity contribution is 7.73. The Bertz CT molecular complexity index is 744. The van der Waals surface area contributed by atoms with Crippen LogP contribution >= 0.6 is 23.6 Å². The number of amides is 1. The Balaban J connectivity index is 2.47. The molecule has 0 radical (unpaired) electrons. The molecule has 22 heavy (non-hydrogen) atoms. The van der Waals surface area contributed by atoms with E-state index < -0.39 is 11.7 Å². The summed E-state index contributed by atoms with van der Waals surface area (Å²) in [5, 5.41) is 7.27. The van der Waals surface area contributed by atoms with Crippen molar-refractivity contribution in [3.05, 3.63) is 33.3 Å². The van der Waals surface area contributed by atoms with Gasteiger partial charge in [0.15, 0.2) is 3.95 Å². The van der Waals surface area contributed by atoms with E-state index in [1.165, 1.54) is 16.2 Å². The van der Waals surface area contributed by atoms with Crippen molar-refractivity contribution in [2.45, 2.75) is 40.2 Å². The number of ether oxygens (including phenoxy) is 1.